The van der Waals surface area contributed by atoms with Gasteiger partial charge < -0.3 is 15.4 Å². The Kier molecular flexibility index (Phi) is 9.85. The van der Waals surface area contributed by atoms with Crippen molar-refractivity contribution < 1.29 is 13.2 Å². The van der Waals surface area contributed by atoms with E-state index in [2.05, 4.69) is 15.6 Å². The second-order valence-corrected chi connectivity index (χ2v) is 8.17. The van der Waals surface area contributed by atoms with E-state index >= 15 is 0 Å². The number of guanidine groups is 1. The van der Waals surface area contributed by atoms with Crippen molar-refractivity contribution in [2.75, 3.05) is 63.7 Å². The highest BCUT2D eigenvalue weighted by molar-refractivity contribution is 7.99. The van der Waals surface area contributed by atoms with Crippen LogP contribution in [0.2, 0.25) is 0 Å². The summed E-state index contributed by atoms with van der Waals surface area (Å²) in [4.78, 5) is 4.39. The first-order valence-corrected chi connectivity index (χ1v) is 10.4. The van der Waals surface area contributed by atoms with Crippen molar-refractivity contribution >= 4 is 27.7 Å². The second-order valence-electron chi connectivity index (χ2n) is 4.86. The number of nitrogens with one attached hydrogen (secondary N) is 2. The quantitative estimate of drug-likeness (QED) is 0.344. The van der Waals surface area contributed by atoms with Gasteiger partial charge in [0.2, 0.25) is 10.0 Å². The standard InChI is InChI=1S/C13H28N4O3S2/c1-3-14-13(15-5-4-9-20-2)16-6-12-22(18,19)17-7-10-21-11-8-17/h3-12H2,1-2H3,(H2,14,15,16). The third kappa shape index (κ3) is 7.66. The highest BCUT2D eigenvalue weighted by Crippen LogP contribution is 2.12. The highest BCUT2D eigenvalue weighted by Gasteiger charge is 2.23. The van der Waals surface area contributed by atoms with Crippen molar-refractivity contribution in [3.8, 4) is 0 Å². The lowest BCUT2D eigenvalue weighted by atomic mass is 10.5. The molecule has 1 fully saturated rings. The van der Waals surface area contributed by atoms with Crippen LogP contribution < -0.4 is 10.6 Å². The molecule has 0 unspecified atom stereocenters. The van der Waals surface area contributed by atoms with Gasteiger partial charge in [-0.3, -0.25) is 4.99 Å². The Morgan fingerprint density at radius 2 is 2.05 bits per heavy atom. The van der Waals surface area contributed by atoms with Gasteiger partial charge in [0.05, 0.1) is 5.75 Å². The van der Waals surface area contributed by atoms with E-state index in [1.54, 1.807) is 23.2 Å². The number of aliphatic imine (C=N–C) groups is 1. The van der Waals surface area contributed by atoms with Crippen LogP contribution in [0.4, 0.5) is 0 Å². The summed E-state index contributed by atoms with van der Waals surface area (Å²) in [6, 6.07) is 0. The molecule has 9 heteroatoms. The molecule has 0 aromatic rings. The summed E-state index contributed by atoms with van der Waals surface area (Å²) >= 11 is 1.80. The Labute approximate surface area is 138 Å². The van der Waals surface area contributed by atoms with Crippen LogP contribution in [0.25, 0.3) is 0 Å². The van der Waals surface area contributed by atoms with Crippen LogP contribution in [0.3, 0.4) is 0 Å². The molecule has 0 radical (unpaired) electrons. The summed E-state index contributed by atoms with van der Waals surface area (Å²) in [5, 5.41) is 6.19. The summed E-state index contributed by atoms with van der Waals surface area (Å²) < 4.78 is 31.0. The maximum absolute atomic E-state index is 12.2. The lowest BCUT2D eigenvalue weighted by Gasteiger charge is -2.25. The molecular weight excluding hydrogens is 324 g/mol. The van der Waals surface area contributed by atoms with Crippen LogP contribution in [-0.4, -0.2) is 82.4 Å². The summed E-state index contributed by atoms with van der Waals surface area (Å²) in [5.74, 6) is 2.52. The summed E-state index contributed by atoms with van der Waals surface area (Å²) in [6.07, 6.45) is 0.844. The molecule has 0 amide bonds. The number of hydrogen-bond donors (Lipinski definition) is 2. The molecule has 7 nitrogen and oxygen atoms in total. The van der Waals surface area contributed by atoms with Gasteiger partial charge in [-0.1, -0.05) is 0 Å². The Hall–Kier alpha value is -0.510. The summed E-state index contributed by atoms with van der Waals surface area (Å²) in [6.45, 7) is 5.66. The van der Waals surface area contributed by atoms with Gasteiger partial charge >= 0.3 is 0 Å². The number of ether oxygens (including phenoxy) is 1. The van der Waals surface area contributed by atoms with Crippen molar-refractivity contribution in [3.63, 3.8) is 0 Å². The van der Waals surface area contributed by atoms with Crippen molar-refractivity contribution in [3.05, 3.63) is 0 Å². The predicted octanol–water partition coefficient (Wildman–Crippen LogP) is -0.0434. The molecule has 0 spiro atoms. The molecule has 1 aliphatic rings. The van der Waals surface area contributed by atoms with E-state index in [0.29, 0.717) is 38.7 Å². The van der Waals surface area contributed by atoms with E-state index < -0.39 is 10.0 Å². The average Bonchev–Trinajstić information content (AvgIpc) is 2.52. The number of methoxy groups -OCH3 is 1. The fourth-order valence-electron chi connectivity index (χ4n) is 1.99. The monoisotopic (exact) mass is 352 g/mol. The summed E-state index contributed by atoms with van der Waals surface area (Å²) in [5.41, 5.74) is 0. The molecule has 2 N–H and O–H groups in total. The van der Waals surface area contributed by atoms with Crippen LogP contribution in [0, 0.1) is 0 Å². The van der Waals surface area contributed by atoms with Crippen LogP contribution in [-0.2, 0) is 14.8 Å². The molecule has 22 heavy (non-hydrogen) atoms. The van der Waals surface area contributed by atoms with Crippen LogP contribution in [0.15, 0.2) is 4.99 Å². The molecule has 130 valence electrons. The van der Waals surface area contributed by atoms with Crippen molar-refractivity contribution in [2.45, 2.75) is 13.3 Å². The smallest absolute Gasteiger partial charge is 0.215 e. The number of nitrogens with zero attached hydrogens (tertiary/aromatic N) is 2. The zero-order valence-electron chi connectivity index (χ0n) is 13.5. The van der Waals surface area contributed by atoms with Crippen molar-refractivity contribution in [1.29, 1.82) is 0 Å². The molecule has 1 rings (SSSR count). The SMILES string of the molecule is CCNC(=NCCCOC)NCCS(=O)(=O)N1CCSCC1. The second kappa shape index (κ2) is 11.1. The molecule has 1 heterocycles. The van der Waals surface area contributed by atoms with Gasteiger partial charge in [0, 0.05) is 57.9 Å². The third-order valence-corrected chi connectivity index (χ3v) is 5.95. The lowest BCUT2D eigenvalue weighted by Crippen LogP contribution is -2.44. The number of rotatable bonds is 9. The van der Waals surface area contributed by atoms with E-state index in [0.717, 1.165) is 24.5 Å². The maximum atomic E-state index is 12.2. The number of hydrogen-bond acceptors (Lipinski definition) is 5. The van der Waals surface area contributed by atoms with E-state index in [-0.39, 0.29) is 5.75 Å². The van der Waals surface area contributed by atoms with E-state index in [1.807, 2.05) is 6.92 Å². The topological polar surface area (TPSA) is 83.0 Å². The number of thioether (sulfide) groups is 1. The van der Waals surface area contributed by atoms with Crippen molar-refractivity contribution in [1.82, 2.24) is 14.9 Å². The predicted molar refractivity (Wildman–Crippen MR) is 93.2 cm³/mol. The van der Waals surface area contributed by atoms with Crippen LogP contribution in [0.5, 0.6) is 0 Å². The van der Waals surface area contributed by atoms with Gasteiger partial charge in [0.25, 0.3) is 0 Å². The van der Waals surface area contributed by atoms with Crippen LogP contribution in [0.1, 0.15) is 13.3 Å². The Balaban J connectivity index is 2.37. The van der Waals surface area contributed by atoms with Gasteiger partial charge in [-0.25, -0.2) is 12.7 Å². The first-order valence-electron chi connectivity index (χ1n) is 7.67. The Morgan fingerprint density at radius 3 is 2.68 bits per heavy atom. The molecule has 0 aromatic heterocycles. The molecule has 0 aromatic carbocycles. The first kappa shape index (κ1) is 19.5. The molecular formula is C13H28N4O3S2. The van der Waals surface area contributed by atoms with Gasteiger partial charge in [0.15, 0.2) is 5.96 Å². The van der Waals surface area contributed by atoms with Gasteiger partial charge in [-0.05, 0) is 13.3 Å². The lowest BCUT2D eigenvalue weighted by molar-refractivity contribution is 0.197. The zero-order chi connectivity index (χ0) is 16.3. The van der Waals surface area contributed by atoms with Crippen molar-refractivity contribution in [2.24, 2.45) is 4.99 Å². The Morgan fingerprint density at radius 1 is 1.32 bits per heavy atom. The normalized spacial score (nSPS) is 17.5. The minimum Gasteiger partial charge on any atom is -0.385 e. The first-order chi connectivity index (χ1) is 10.6. The van der Waals surface area contributed by atoms with Gasteiger partial charge in [-0.2, -0.15) is 11.8 Å². The minimum absolute atomic E-state index is 0.0974. The molecule has 1 saturated heterocycles. The molecule has 0 saturated carbocycles. The fourth-order valence-corrected chi connectivity index (χ4v) is 4.49. The van der Waals surface area contributed by atoms with E-state index in [4.69, 9.17) is 4.74 Å². The van der Waals surface area contributed by atoms with Gasteiger partial charge in [0.1, 0.15) is 0 Å². The minimum atomic E-state index is -3.17. The van der Waals surface area contributed by atoms with Crippen LogP contribution >= 0.6 is 11.8 Å². The Bertz CT molecular complexity index is 423. The fraction of sp³-hybridized carbons (Fsp3) is 0.923. The molecule has 0 bridgehead atoms. The highest BCUT2D eigenvalue weighted by atomic mass is 32.2. The largest absolute Gasteiger partial charge is 0.385 e. The maximum Gasteiger partial charge on any atom is 0.215 e. The third-order valence-electron chi connectivity index (χ3n) is 3.14. The molecule has 0 atom stereocenters. The summed E-state index contributed by atoms with van der Waals surface area (Å²) in [7, 11) is -1.50. The van der Waals surface area contributed by atoms with E-state index in [1.165, 1.54) is 0 Å². The number of sulfonamides is 1. The zero-order valence-corrected chi connectivity index (χ0v) is 15.1. The van der Waals surface area contributed by atoms with E-state index in [9.17, 15) is 8.42 Å². The molecule has 0 aliphatic carbocycles. The van der Waals surface area contributed by atoms with Gasteiger partial charge in [-0.15, -0.1) is 0 Å². The average molecular weight is 353 g/mol. The molecule has 1 aliphatic heterocycles.